The number of thioether (sulfide) groups is 1. The van der Waals surface area contributed by atoms with E-state index < -0.39 is 0 Å². The van der Waals surface area contributed by atoms with Crippen LogP contribution in [-0.4, -0.2) is 47.1 Å². The molecule has 0 aromatic rings. The summed E-state index contributed by atoms with van der Waals surface area (Å²) in [7, 11) is 0. The molecule has 1 atom stereocenters. The highest BCUT2D eigenvalue weighted by Crippen LogP contribution is 2.21. The zero-order chi connectivity index (χ0) is 13.6. The molecule has 0 aliphatic carbocycles. The fourth-order valence-corrected chi connectivity index (χ4v) is 2.87. The Labute approximate surface area is 116 Å². The lowest BCUT2D eigenvalue weighted by molar-refractivity contribution is -0.160. The van der Waals surface area contributed by atoms with E-state index in [1.165, 1.54) is 11.5 Å². The smallest absolute Gasteiger partial charge is 0.323 e. The highest BCUT2D eigenvalue weighted by Gasteiger charge is 2.33. The lowest BCUT2D eigenvalue weighted by Gasteiger charge is -2.27. The Morgan fingerprint density at radius 2 is 2.17 bits per heavy atom. The number of esters is 1. The van der Waals surface area contributed by atoms with Gasteiger partial charge in [0.05, 0.1) is 0 Å². The van der Waals surface area contributed by atoms with Crippen molar-refractivity contribution in [3.05, 3.63) is 0 Å². The Morgan fingerprint density at radius 1 is 1.44 bits per heavy atom. The molecular weight excluding hydrogens is 246 g/mol. The van der Waals surface area contributed by atoms with E-state index in [1.54, 1.807) is 0 Å². The second kappa shape index (κ2) is 7.39. The molecule has 1 heterocycles. The second-order valence-corrected chi connectivity index (χ2v) is 7.17. The maximum Gasteiger partial charge on any atom is 0.323 e. The average molecular weight is 273 g/mol. The first-order valence-electron chi connectivity index (χ1n) is 6.98. The zero-order valence-corrected chi connectivity index (χ0v) is 13.0. The van der Waals surface area contributed by atoms with Gasteiger partial charge in [-0.15, -0.1) is 0 Å². The van der Waals surface area contributed by atoms with Crippen LogP contribution in [0, 0.1) is 0 Å². The number of rotatable bonds is 6. The van der Waals surface area contributed by atoms with Crippen LogP contribution >= 0.6 is 11.8 Å². The summed E-state index contributed by atoms with van der Waals surface area (Å²) < 4.78 is 5.49. The molecule has 0 unspecified atom stereocenters. The lowest BCUT2D eigenvalue weighted by atomic mass is 10.1. The molecule has 1 aliphatic rings. The Morgan fingerprint density at radius 3 is 2.78 bits per heavy atom. The zero-order valence-electron chi connectivity index (χ0n) is 12.2. The summed E-state index contributed by atoms with van der Waals surface area (Å²) in [5.41, 5.74) is -0.372. The summed E-state index contributed by atoms with van der Waals surface area (Å²) in [6, 6.07) is -0.00384. The van der Waals surface area contributed by atoms with Crippen LogP contribution in [0.4, 0.5) is 0 Å². The molecule has 0 aromatic carbocycles. The molecule has 1 rings (SSSR count). The number of carbonyl (C=O) groups is 1. The summed E-state index contributed by atoms with van der Waals surface area (Å²) in [4.78, 5) is 14.4. The third kappa shape index (κ3) is 5.61. The van der Waals surface area contributed by atoms with E-state index in [-0.39, 0.29) is 17.6 Å². The van der Waals surface area contributed by atoms with Crippen LogP contribution in [0.3, 0.4) is 0 Å². The average Bonchev–Trinajstić information content (AvgIpc) is 2.70. The number of carbonyl (C=O) groups excluding carboxylic acids is 1. The second-order valence-electron chi connectivity index (χ2n) is 5.78. The highest BCUT2D eigenvalue weighted by atomic mass is 32.2. The van der Waals surface area contributed by atoms with Gasteiger partial charge in [-0.2, -0.15) is 11.8 Å². The predicted molar refractivity (Wildman–Crippen MR) is 78.1 cm³/mol. The topological polar surface area (TPSA) is 29.5 Å². The lowest BCUT2D eigenvalue weighted by Crippen LogP contribution is -2.41. The van der Waals surface area contributed by atoms with Gasteiger partial charge in [0.25, 0.3) is 0 Å². The molecule has 0 amide bonds. The molecule has 1 aliphatic heterocycles. The van der Waals surface area contributed by atoms with E-state index in [1.807, 2.05) is 32.5 Å². The van der Waals surface area contributed by atoms with Crippen molar-refractivity contribution in [3.63, 3.8) is 0 Å². The molecular formula is C14H27NO2S. The van der Waals surface area contributed by atoms with E-state index in [9.17, 15) is 4.79 Å². The van der Waals surface area contributed by atoms with Crippen LogP contribution in [0.25, 0.3) is 0 Å². The normalized spacial score (nSPS) is 21.2. The highest BCUT2D eigenvalue weighted by molar-refractivity contribution is 7.99. The molecule has 18 heavy (non-hydrogen) atoms. The Bertz CT molecular complexity index is 263. The molecule has 4 heteroatoms. The molecule has 3 nitrogen and oxygen atoms in total. The first-order chi connectivity index (χ1) is 8.44. The van der Waals surface area contributed by atoms with E-state index in [4.69, 9.17) is 4.74 Å². The van der Waals surface area contributed by atoms with E-state index in [0.29, 0.717) is 0 Å². The summed E-state index contributed by atoms with van der Waals surface area (Å²) in [5, 5.41) is 0. The number of hydrogen-bond acceptors (Lipinski definition) is 4. The minimum Gasteiger partial charge on any atom is -0.459 e. The quantitative estimate of drug-likeness (QED) is 0.550. The Balaban J connectivity index is 2.36. The van der Waals surface area contributed by atoms with Gasteiger partial charge in [0.2, 0.25) is 0 Å². The molecule has 106 valence electrons. The third-order valence-corrected chi connectivity index (χ3v) is 3.97. The molecule has 0 bridgehead atoms. The fourth-order valence-electron chi connectivity index (χ4n) is 2.24. The van der Waals surface area contributed by atoms with Crippen LogP contribution < -0.4 is 0 Å². The van der Waals surface area contributed by atoms with Crippen molar-refractivity contribution < 1.29 is 9.53 Å². The third-order valence-electron chi connectivity index (χ3n) is 2.98. The summed E-state index contributed by atoms with van der Waals surface area (Å²) in [5.74, 6) is 2.33. The summed E-state index contributed by atoms with van der Waals surface area (Å²) in [6.07, 6.45) is 3.23. The van der Waals surface area contributed by atoms with Gasteiger partial charge in [0, 0.05) is 0 Å². The van der Waals surface area contributed by atoms with Gasteiger partial charge in [-0.25, -0.2) is 0 Å². The largest absolute Gasteiger partial charge is 0.459 e. The van der Waals surface area contributed by atoms with E-state index in [2.05, 4.69) is 11.8 Å². The number of likely N-dealkylation sites (tertiary alicyclic amines) is 1. The first-order valence-corrected chi connectivity index (χ1v) is 8.14. The van der Waals surface area contributed by atoms with Gasteiger partial charge >= 0.3 is 5.97 Å². The molecule has 0 saturated carbocycles. The standard InChI is InChI=1S/C14H27NO2S/c1-5-18-11-7-10-15-9-6-8-12(15)13(16)17-14(2,3)4/h12H,5-11H2,1-4H3/t12-/m1/s1. The van der Waals surface area contributed by atoms with E-state index in [0.717, 1.165) is 32.4 Å². The monoisotopic (exact) mass is 273 g/mol. The molecule has 1 saturated heterocycles. The summed E-state index contributed by atoms with van der Waals surface area (Å²) in [6.45, 7) is 10.0. The minimum absolute atomic E-state index is 0.00384. The number of ether oxygens (including phenoxy) is 1. The fraction of sp³-hybridized carbons (Fsp3) is 0.929. The van der Waals surface area contributed by atoms with Crippen molar-refractivity contribution in [2.45, 2.75) is 58.6 Å². The van der Waals surface area contributed by atoms with Crippen LogP contribution in [-0.2, 0) is 9.53 Å². The maximum absolute atomic E-state index is 12.1. The van der Waals surface area contributed by atoms with Gasteiger partial charge in [-0.3, -0.25) is 9.69 Å². The predicted octanol–water partition coefficient (Wildman–Crippen LogP) is 2.94. The van der Waals surface area contributed by atoms with Crippen molar-refractivity contribution in [1.29, 1.82) is 0 Å². The molecule has 0 N–H and O–H groups in total. The molecule has 0 radical (unpaired) electrons. The molecule has 0 aromatic heterocycles. The van der Waals surface area contributed by atoms with Crippen molar-refractivity contribution in [2.24, 2.45) is 0 Å². The van der Waals surface area contributed by atoms with E-state index >= 15 is 0 Å². The maximum atomic E-state index is 12.1. The van der Waals surface area contributed by atoms with Crippen molar-refractivity contribution in [3.8, 4) is 0 Å². The van der Waals surface area contributed by atoms with Crippen molar-refractivity contribution in [2.75, 3.05) is 24.6 Å². The van der Waals surface area contributed by atoms with Gasteiger partial charge in [0.15, 0.2) is 0 Å². The van der Waals surface area contributed by atoms with Crippen LogP contribution in [0.5, 0.6) is 0 Å². The molecule has 0 spiro atoms. The van der Waals surface area contributed by atoms with Crippen molar-refractivity contribution >= 4 is 17.7 Å². The summed E-state index contributed by atoms with van der Waals surface area (Å²) >= 11 is 1.97. The van der Waals surface area contributed by atoms with Gasteiger partial charge in [0.1, 0.15) is 11.6 Å². The van der Waals surface area contributed by atoms with Gasteiger partial charge in [-0.05, 0) is 64.6 Å². The minimum atomic E-state index is -0.372. The van der Waals surface area contributed by atoms with Crippen LogP contribution in [0.15, 0.2) is 0 Å². The first kappa shape index (κ1) is 15.8. The van der Waals surface area contributed by atoms with Gasteiger partial charge < -0.3 is 4.74 Å². The Hall–Kier alpha value is -0.220. The SMILES string of the molecule is CCSCCCN1CCC[C@@H]1C(=O)OC(C)(C)C. The van der Waals surface area contributed by atoms with Gasteiger partial charge in [-0.1, -0.05) is 6.92 Å². The molecule has 1 fully saturated rings. The Kier molecular flexibility index (Phi) is 6.50. The number of nitrogens with zero attached hydrogens (tertiary/aromatic N) is 1. The van der Waals surface area contributed by atoms with Crippen molar-refractivity contribution in [1.82, 2.24) is 4.90 Å². The van der Waals surface area contributed by atoms with Crippen LogP contribution in [0.1, 0.15) is 47.0 Å². The number of hydrogen-bond donors (Lipinski definition) is 0. The van der Waals surface area contributed by atoms with Crippen LogP contribution in [0.2, 0.25) is 0 Å².